The number of imidazole rings is 1. The molecule has 152 valence electrons. The van der Waals surface area contributed by atoms with E-state index in [2.05, 4.69) is 30.5 Å². The fourth-order valence-corrected chi connectivity index (χ4v) is 2.84. The van der Waals surface area contributed by atoms with E-state index in [1.165, 1.54) is 0 Å². The number of aromatic nitrogens is 5. The molecule has 0 spiro atoms. The Kier molecular flexibility index (Phi) is 5.48. The van der Waals surface area contributed by atoms with Crippen LogP contribution >= 0.6 is 0 Å². The van der Waals surface area contributed by atoms with Crippen molar-refractivity contribution < 1.29 is 14.6 Å². The standard InChI is InChI=1S/C20H18N6O4/c27-9-1-6-22-20(29)30-13-2-3-15-17(10-13)24-18(23-15)14-11-16(25-26-19(14)28)12-4-7-21-8-5-12/h2-5,7-8,10-11,27H,1,6,9H2,(H,22,29)(H,23,24)(H,26,28). The molecule has 0 aliphatic carbocycles. The Labute approximate surface area is 170 Å². The lowest BCUT2D eigenvalue weighted by Gasteiger charge is -2.05. The molecule has 0 aliphatic rings. The van der Waals surface area contributed by atoms with E-state index in [-0.39, 0.29) is 12.2 Å². The van der Waals surface area contributed by atoms with Crippen LogP contribution in [0.5, 0.6) is 5.75 Å². The molecule has 0 saturated heterocycles. The Morgan fingerprint density at radius 2 is 2.00 bits per heavy atom. The summed E-state index contributed by atoms with van der Waals surface area (Å²) in [5.74, 6) is 0.677. The summed E-state index contributed by atoms with van der Waals surface area (Å²) in [6.45, 7) is 0.300. The Morgan fingerprint density at radius 3 is 2.80 bits per heavy atom. The number of carbonyl (C=O) groups is 1. The van der Waals surface area contributed by atoms with Crippen LogP contribution in [0.3, 0.4) is 0 Å². The summed E-state index contributed by atoms with van der Waals surface area (Å²) in [5.41, 5.74) is 2.55. The van der Waals surface area contributed by atoms with Gasteiger partial charge in [0, 0.05) is 37.2 Å². The molecule has 3 aromatic heterocycles. The van der Waals surface area contributed by atoms with Crippen molar-refractivity contribution in [2.75, 3.05) is 13.2 Å². The Morgan fingerprint density at radius 1 is 1.17 bits per heavy atom. The third-order valence-corrected chi connectivity index (χ3v) is 4.30. The first-order valence-corrected chi connectivity index (χ1v) is 9.21. The van der Waals surface area contributed by atoms with Crippen LogP contribution in [0.25, 0.3) is 33.7 Å². The average molecular weight is 406 g/mol. The zero-order valence-corrected chi connectivity index (χ0v) is 15.8. The van der Waals surface area contributed by atoms with Crippen molar-refractivity contribution in [2.45, 2.75) is 6.42 Å². The molecule has 10 nitrogen and oxygen atoms in total. The Balaban J connectivity index is 1.61. The highest BCUT2D eigenvalue weighted by Crippen LogP contribution is 2.24. The molecule has 10 heteroatoms. The van der Waals surface area contributed by atoms with Crippen LogP contribution in [0.1, 0.15) is 6.42 Å². The maximum atomic E-state index is 12.3. The van der Waals surface area contributed by atoms with E-state index >= 15 is 0 Å². The number of nitrogens with zero attached hydrogens (tertiary/aromatic N) is 3. The number of hydrogen-bond donors (Lipinski definition) is 4. The number of fused-ring (bicyclic) bond motifs is 1. The Bertz CT molecular complexity index is 1240. The van der Waals surface area contributed by atoms with Crippen LogP contribution in [0, 0.1) is 0 Å². The molecule has 0 aliphatic heterocycles. The molecule has 0 saturated carbocycles. The lowest BCUT2D eigenvalue weighted by molar-refractivity contribution is 0.199. The van der Waals surface area contributed by atoms with Gasteiger partial charge in [-0.05, 0) is 36.8 Å². The summed E-state index contributed by atoms with van der Waals surface area (Å²) in [6, 6.07) is 10.2. The van der Waals surface area contributed by atoms with Crippen LogP contribution < -0.4 is 15.6 Å². The van der Waals surface area contributed by atoms with Crippen molar-refractivity contribution in [3.63, 3.8) is 0 Å². The first-order valence-electron chi connectivity index (χ1n) is 9.21. The van der Waals surface area contributed by atoms with Crippen LogP contribution in [0.4, 0.5) is 4.79 Å². The molecule has 0 unspecified atom stereocenters. The number of aliphatic hydroxyl groups is 1. The quantitative estimate of drug-likeness (QED) is 0.357. The molecule has 4 N–H and O–H groups in total. The monoisotopic (exact) mass is 406 g/mol. The van der Waals surface area contributed by atoms with Gasteiger partial charge >= 0.3 is 6.09 Å². The second-order valence-corrected chi connectivity index (χ2v) is 6.39. The summed E-state index contributed by atoms with van der Waals surface area (Å²) >= 11 is 0. The number of hydrogen-bond acceptors (Lipinski definition) is 7. The van der Waals surface area contributed by atoms with Gasteiger partial charge in [-0.15, -0.1) is 0 Å². The number of ether oxygens (including phenoxy) is 1. The zero-order valence-electron chi connectivity index (χ0n) is 15.8. The maximum absolute atomic E-state index is 12.3. The topological polar surface area (TPSA) is 146 Å². The summed E-state index contributed by atoms with van der Waals surface area (Å²) in [6.07, 6.45) is 3.11. The summed E-state index contributed by atoms with van der Waals surface area (Å²) in [5, 5.41) is 17.9. The molecular weight excluding hydrogens is 388 g/mol. The summed E-state index contributed by atoms with van der Waals surface area (Å²) < 4.78 is 5.22. The van der Waals surface area contributed by atoms with E-state index in [1.807, 2.05) is 0 Å². The number of pyridine rings is 1. The lowest BCUT2D eigenvalue weighted by Crippen LogP contribution is -2.28. The molecule has 0 fully saturated rings. The smallest absolute Gasteiger partial charge is 0.410 e. The second kappa shape index (κ2) is 8.53. The van der Waals surface area contributed by atoms with Crippen LogP contribution in [0.15, 0.2) is 53.6 Å². The number of rotatable bonds is 6. The molecule has 0 atom stereocenters. The molecule has 30 heavy (non-hydrogen) atoms. The van der Waals surface area contributed by atoms with E-state index in [9.17, 15) is 9.59 Å². The number of aliphatic hydroxyl groups excluding tert-OH is 1. The van der Waals surface area contributed by atoms with Crippen LogP contribution in [-0.4, -0.2) is 49.5 Å². The first kappa shape index (κ1) is 19.3. The third-order valence-electron chi connectivity index (χ3n) is 4.30. The van der Waals surface area contributed by atoms with Gasteiger partial charge in [0.15, 0.2) is 0 Å². The van der Waals surface area contributed by atoms with Gasteiger partial charge < -0.3 is 20.1 Å². The van der Waals surface area contributed by atoms with E-state index < -0.39 is 6.09 Å². The molecule has 1 aromatic carbocycles. The minimum atomic E-state index is -0.619. The number of amides is 1. The van der Waals surface area contributed by atoms with Crippen molar-refractivity contribution in [3.05, 3.63) is 59.1 Å². The highest BCUT2D eigenvalue weighted by atomic mass is 16.6. The largest absolute Gasteiger partial charge is 0.412 e. The lowest BCUT2D eigenvalue weighted by atomic mass is 10.1. The minimum absolute atomic E-state index is 0.0146. The minimum Gasteiger partial charge on any atom is -0.410 e. The van der Waals surface area contributed by atoms with Gasteiger partial charge in [-0.25, -0.2) is 14.9 Å². The number of carbonyl (C=O) groups excluding carboxylic acids is 1. The van der Waals surface area contributed by atoms with Crippen molar-refractivity contribution in [3.8, 4) is 28.4 Å². The number of benzene rings is 1. The van der Waals surface area contributed by atoms with E-state index in [1.54, 1.807) is 48.8 Å². The van der Waals surface area contributed by atoms with Gasteiger partial charge in [0.1, 0.15) is 11.6 Å². The number of nitrogens with one attached hydrogen (secondary N) is 3. The molecule has 1 amide bonds. The Hall–Kier alpha value is -4.05. The SMILES string of the molecule is O=C(NCCCO)Oc1ccc2[nH]c(-c3cc(-c4ccncc4)n[nH]c3=O)nc2c1. The highest BCUT2D eigenvalue weighted by Gasteiger charge is 2.13. The maximum Gasteiger partial charge on any atom is 0.412 e. The fourth-order valence-electron chi connectivity index (χ4n) is 2.84. The van der Waals surface area contributed by atoms with E-state index in [4.69, 9.17) is 9.84 Å². The van der Waals surface area contributed by atoms with Crippen molar-refractivity contribution in [1.82, 2.24) is 30.5 Å². The van der Waals surface area contributed by atoms with E-state index in [0.29, 0.717) is 46.8 Å². The predicted octanol–water partition coefficient (Wildman–Crippen LogP) is 1.85. The normalized spacial score (nSPS) is 10.8. The van der Waals surface area contributed by atoms with Gasteiger partial charge in [0.25, 0.3) is 5.56 Å². The van der Waals surface area contributed by atoms with Gasteiger partial charge in [-0.2, -0.15) is 5.10 Å². The predicted molar refractivity (Wildman–Crippen MR) is 109 cm³/mol. The van der Waals surface area contributed by atoms with Gasteiger partial charge in [0.2, 0.25) is 0 Å². The average Bonchev–Trinajstić information content (AvgIpc) is 3.18. The van der Waals surface area contributed by atoms with Crippen LogP contribution in [-0.2, 0) is 0 Å². The molecule has 4 rings (SSSR count). The van der Waals surface area contributed by atoms with Gasteiger partial charge in [0.05, 0.1) is 22.3 Å². The van der Waals surface area contributed by atoms with Crippen molar-refractivity contribution >= 4 is 17.1 Å². The van der Waals surface area contributed by atoms with Crippen molar-refractivity contribution in [1.29, 1.82) is 0 Å². The molecule has 0 radical (unpaired) electrons. The zero-order chi connectivity index (χ0) is 20.9. The first-order chi connectivity index (χ1) is 14.6. The molecular formula is C20H18N6O4. The van der Waals surface area contributed by atoms with E-state index in [0.717, 1.165) is 5.56 Å². The van der Waals surface area contributed by atoms with Gasteiger partial charge in [-0.1, -0.05) is 0 Å². The number of H-pyrrole nitrogens is 2. The van der Waals surface area contributed by atoms with Crippen molar-refractivity contribution in [2.24, 2.45) is 0 Å². The highest BCUT2D eigenvalue weighted by molar-refractivity contribution is 5.82. The molecule has 4 aromatic rings. The summed E-state index contributed by atoms with van der Waals surface area (Å²) in [7, 11) is 0. The third kappa shape index (κ3) is 4.18. The number of aromatic amines is 2. The molecule has 3 heterocycles. The van der Waals surface area contributed by atoms with Crippen LogP contribution in [0.2, 0.25) is 0 Å². The fraction of sp³-hybridized carbons (Fsp3) is 0.150. The molecule has 0 bridgehead atoms. The summed E-state index contributed by atoms with van der Waals surface area (Å²) in [4.78, 5) is 35.6. The van der Waals surface area contributed by atoms with Gasteiger partial charge in [-0.3, -0.25) is 9.78 Å². The second-order valence-electron chi connectivity index (χ2n) is 6.39.